The molecule has 1 saturated carbocycles. The average molecular weight is 228 g/mol. The molecular weight excluding hydrogens is 215 g/mol. The van der Waals surface area contributed by atoms with Crippen LogP contribution in [-0.4, -0.2) is 5.78 Å². The maximum absolute atomic E-state index is 13.6. The van der Waals surface area contributed by atoms with Crippen LogP contribution in [0.4, 0.5) is 4.39 Å². The molecule has 0 bridgehead atoms. The summed E-state index contributed by atoms with van der Waals surface area (Å²) in [4.78, 5) is 12.1. The van der Waals surface area contributed by atoms with Crippen LogP contribution in [-0.2, 0) is 0 Å². The largest absolute Gasteiger partial charge is 0.294 e. The van der Waals surface area contributed by atoms with Crippen molar-refractivity contribution in [3.63, 3.8) is 0 Å². The minimum absolute atomic E-state index is 0.142. The molecule has 2 aromatic carbocycles. The van der Waals surface area contributed by atoms with Gasteiger partial charge in [0.15, 0.2) is 5.78 Å². The molecule has 0 saturated heterocycles. The van der Waals surface area contributed by atoms with Crippen LogP contribution in [0.15, 0.2) is 36.4 Å². The van der Waals surface area contributed by atoms with Crippen LogP contribution in [0.2, 0.25) is 0 Å². The number of Topliss-reactive ketones (excluding diaryl/α,β-unsaturated/α-hetero) is 1. The summed E-state index contributed by atoms with van der Waals surface area (Å²) < 4.78 is 13.6. The first kappa shape index (κ1) is 10.5. The molecule has 1 fully saturated rings. The van der Waals surface area contributed by atoms with Crippen molar-refractivity contribution in [2.75, 3.05) is 0 Å². The van der Waals surface area contributed by atoms with Crippen molar-refractivity contribution < 1.29 is 9.18 Å². The first-order chi connectivity index (χ1) is 8.25. The molecule has 2 heteroatoms. The zero-order chi connectivity index (χ0) is 11.8. The molecule has 2 aromatic rings. The number of hydrogen-bond donors (Lipinski definition) is 0. The number of ketones is 1. The second kappa shape index (κ2) is 3.95. The maximum atomic E-state index is 13.6. The normalized spacial score (nSPS) is 15.1. The predicted molar refractivity (Wildman–Crippen MR) is 65.6 cm³/mol. The molecule has 17 heavy (non-hydrogen) atoms. The summed E-state index contributed by atoms with van der Waals surface area (Å²) >= 11 is 0. The molecule has 1 aliphatic rings. The molecule has 0 amide bonds. The molecule has 0 aromatic heterocycles. The molecule has 3 rings (SSSR count). The number of fused-ring (bicyclic) bond motifs is 1. The standard InChI is InChI=1S/C15H13FO/c16-14-8-7-13(15(17)9-10-5-6-10)11-3-1-2-4-12(11)14/h1-4,7-8,10H,5-6,9H2. The van der Waals surface area contributed by atoms with E-state index in [1.807, 2.05) is 12.1 Å². The van der Waals surface area contributed by atoms with Gasteiger partial charge in [-0.3, -0.25) is 4.79 Å². The van der Waals surface area contributed by atoms with Gasteiger partial charge in [-0.15, -0.1) is 0 Å². The van der Waals surface area contributed by atoms with Crippen LogP contribution < -0.4 is 0 Å². The summed E-state index contributed by atoms with van der Waals surface area (Å²) in [5.74, 6) is 0.443. The molecule has 0 heterocycles. The first-order valence-electron chi connectivity index (χ1n) is 5.96. The van der Waals surface area contributed by atoms with E-state index in [1.165, 1.54) is 6.07 Å². The molecule has 1 aliphatic carbocycles. The lowest BCUT2D eigenvalue weighted by Gasteiger charge is -2.06. The Kier molecular flexibility index (Phi) is 2.43. The zero-order valence-corrected chi connectivity index (χ0v) is 9.45. The lowest BCUT2D eigenvalue weighted by molar-refractivity contribution is 0.0977. The molecule has 0 radical (unpaired) electrons. The Balaban J connectivity index is 2.09. The highest BCUT2D eigenvalue weighted by Gasteiger charge is 2.25. The van der Waals surface area contributed by atoms with Crippen molar-refractivity contribution in [2.24, 2.45) is 5.92 Å². The van der Waals surface area contributed by atoms with E-state index in [4.69, 9.17) is 0 Å². The van der Waals surface area contributed by atoms with Crippen LogP contribution in [0.25, 0.3) is 10.8 Å². The Labute approximate surface area is 99.3 Å². The molecule has 0 N–H and O–H groups in total. The van der Waals surface area contributed by atoms with Gasteiger partial charge in [0.1, 0.15) is 5.82 Å². The van der Waals surface area contributed by atoms with Gasteiger partial charge in [-0.05, 0) is 36.3 Å². The highest BCUT2D eigenvalue weighted by atomic mass is 19.1. The number of halogens is 1. The molecular formula is C15H13FO. The van der Waals surface area contributed by atoms with E-state index in [-0.39, 0.29) is 11.6 Å². The number of benzene rings is 2. The van der Waals surface area contributed by atoms with Crippen molar-refractivity contribution in [3.8, 4) is 0 Å². The fourth-order valence-corrected chi connectivity index (χ4v) is 2.20. The summed E-state index contributed by atoms with van der Waals surface area (Å²) in [5.41, 5.74) is 0.661. The van der Waals surface area contributed by atoms with Crippen molar-refractivity contribution >= 4 is 16.6 Å². The Bertz CT molecular complexity index is 584. The van der Waals surface area contributed by atoms with Crippen molar-refractivity contribution in [3.05, 3.63) is 47.8 Å². The second-order valence-electron chi connectivity index (χ2n) is 4.71. The van der Waals surface area contributed by atoms with Crippen LogP contribution in [0, 0.1) is 11.7 Å². The fraction of sp³-hybridized carbons (Fsp3) is 0.267. The van der Waals surface area contributed by atoms with Gasteiger partial charge in [0.05, 0.1) is 0 Å². The number of carbonyl (C=O) groups excluding carboxylic acids is 1. The van der Waals surface area contributed by atoms with Gasteiger partial charge < -0.3 is 0 Å². The lowest BCUT2D eigenvalue weighted by atomic mass is 9.98. The second-order valence-corrected chi connectivity index (χ2v) is 4.71. The Hall–Kier alpha value is -1.70. The summed E-state index contributed by atoms with van der Waals surface area (Å²) in [5, 5.41) is 1.27. The van der Waals surface area contributed by atoms with Gasteiger partial charge in [-0.2, -0.15) is 0 Å². The number of hydrogen-bond acceptors (Lipinski definition) is 1. The highest BCUT2D eigenvalue weighted by Crippen LogP contribution is 2.34. The van der Waals surface area contributed by atoms with Gasteiger partial charge in [-0.25, -0.2) is 4.39 Å². The molecule has 86 valence electrons. The van der Waals surface area contributed by atoms with E-state index >= 15 is 0 Å². The summed E-state index contributed by atoms with van der Waals surface area (Å²) in [6.45, 7) is 0. The van der Waals surface area contributed by atoms with Crippen molar-refractivity contribution in [1.29, 1.82) is 0 Å². The molecule has 1 nitrogen and oxygen atoms in total. The third kappa shape index (κ3) is 1.95. The van der Waals surface area contributed by atoms with Crippen molar-refractivity contribution in [1.82, 2.24) is 0 Å². The monoisotopic (exact) mass is 228 g/mol. The SMILES string of the molecule is O=C(CC1CC1)c1ccc(F)c2ccccc12. The summed E-state index contributed by atoms with van der Waals surface area (Å²) in [6.07, 6.45) is 2.92. The third-order valence-corrected chi connectivity index (χ3v) is 3.34. The Morgan fingerprint density at radius 1 is 1.12 bits per heavy atom. The predicted octanol–water partition coefficient (Wildman–Crippen LogP) is 3.96. The van der Waals surface area contributed by atoms with E-state index in [2.05, 4.69) is 0 Å². The van der Waals surface area contributed by atoms with Crippen molar-refractivity contribution in [2.45, 2.75) is 19.3 Å². The van der Waals surface area contributed by atoms with Gasteiger partial charge in [-0.1, -0.05) is 24.3 Å². The maximum Gasteiger partial charge on any atom is 0.163 e. The van der Waals surface area contributed by atoms with Crippen LogP contribution in [0.1, 0.15) is 29.6 Å². The van der Waals surface area contributed by atoms with Gasteiger partial charge in [0.2, 0.25) is 0 Å². The van der Waals surface area contributed by atoms with Crippen LogP contribution in [0.3, 0.4) is 0 Å². The third-order valence-electron chi connectivity index (χ3n) is 3.34. The summed E-state index contributed by atoms with van der Waals surface area (Å²) in [7, 11) is 0. The van der Waals surface area contributed by atoms with E-state index in [0.29, 0.717) is 23.3 Å². The molecule has 0 atom stereocenters. The van der Waals surface area contributed by atoms with E-state index in [1.54, 1.807) is 18.2 Å². The van der Waals surface area contributed by atoms with Gasteiger partial charge >= 0.3 is 0 Å². The number of rotatable bonds is 3. The van der Waals surface area contributed by atoms with E-state index in [0.717, 1.165) is 18.2 Å². The quantitative estimate of drug-likeness (QED) is 0.727. The Morgan fingerprint density at radius 3 is 2.53 bits per heavy atom. The van der Waals surface area contributed by atoms with Crippen LogP contribution in [0.5, 0.6) is 0 Å². The average Bonchev–Trinajstić information content (AvgIpc) is 3.14. The Morgan fingerprint density at radius 2 is 1.82 bits per heavy atom. The molecule has 0 spiro atoms. The zero-order valence-electron chi connectivity index (χ0n) is 9.45. The molecule has 0 aliphatic heterocycles. The van der Waals surface area contributed by atoms with E-state index in [9.17, 15) is 9.18 Å². The molecule has 0 unspecified atom stereocenters. The topological polar surface area (TPSA) is 17.1 Å². The summed E-state index contributed by atoms with van der Waals surface area (Å²) in [6, 6.07) is 10.2. The fourth-order valence-electron chi connectivity index (χ4n) is 2.20. The number of carbonyl (C=O) groups is 1. The van der Waals surface area contributed by atoms with E-state index < -0.39 is 0 Å². The highest BCUT2D eigenvalue weighted by molar-refractivity contribution is 6.08. The van der Waals surface area contributed by atoms with Gasteiger partial charge in [0.25, 0.3) is 0 Å². The first-order valence-corrected chi connectivity index (χ1v) is 5.96. The minimum atomic E-state index is -0.261. The lowest BCUT2D eigenvalue weighted by Crippen LogP contribution is -2.01. The van der Waals surface area contributed by atoms with Crippen LogP contribution >= 0.6 is 0 Å². The smallest absolute Gasteiger partial charge is 0.163 e. The van der Waals surface area contributed by atoms with Gasteiger partial charge in [0, 0.05) is 17.4 Å². The minimum Gasteiger partial charge on any atom is -0.294 e.